The molecule has 3 aromatic rings. The van der Waals surface area contributed by atoms with E-state index in [-0.39, 0.29) is 18.0 Å². The smallest absolute Gasteiger partial charge is 0.277 e. The molecule has 0 aliphatic rings. The van der Waals surface area contributed by atoms with Gasteiger partial charge in [0, 0.05) is 17.7 Å². The zero-order valence-electron chi connectivity index (χ0n) is 13.2. The summed E-state index contributed by atoms with van der Waals surface area (Å²) in [6.07, 6.45) is 3.03. The summed E-state index contributed by atoms with van der Waals surface area (Å²) in [6.45, 7) is 0.171. The molecule has 25 heavy (non-hydrogen) atoms. The minimum atomic E-state index is -0.428. The highest BCUT2D eigenvalue weighted by molar-refractivity contribution is 9.10. The van der Waals surface area contributed by atoms with Crippen LogP contribution < -0.4 is 10.1 Å². The lowest BCUT2D eigenvalue weighted by Crippen LogP contribution is -2.17. The van der Waals surface area contributed by atoms with Crippen molar-refractivity contribution in [2.75, 3.05) is 5.32 Å². The first-order valence-electron chi connectivity index (χ1n) is 7.22. The van der Waals surface area contributed by atoms with Crippen LogP contribution in [0.1, 0.15) is 16.1 Å². The van der Waals surface area contributed by atoms with Gasteiger partial charge in [0.05, 0.1) is 6.20 Å². The Bertz CT molecular complexity index is 938. The molecule has 1 amide bonds. The molecule has 0 saturated carbocycles. The van der Waals surface area contributed by atoms with Crippen LogP contribution in [0.25, 0.3) is 0 Å². The lowest BCUT2D eigenvalue weighted by atomic mass is 10.3. The Morgan fingerprint density at radius 3 is 2.84 bits per heavy atom. The second-order valence-electron chi connectivity index (χ2n) is 5.06. The van der Waals surface area contributed by atoms with Gasteiger partial charge >= 0.3 is 0 Å². The van der Waals surface area contributed by atoms with Gasteiger partial charge in [-0.3, -0.25) is 9.48 Å². The minimum Gasteiger partial charge on any atom is -0.471 e. The first kappa shape index (κ1) is 16.7. The van der Waals surface area contributed by atoms with Gasteiger partial charge in [0.25, 0.3) is 5.91 Å². The van der Waals surface area contributed by atoms with E-state index in [9.17, 15) is 4.79 Å². The number of hydrogen-bond acceptors (Lipinski definition) is 5. The molecule has 0 fully saturated rings. The number of carbonyl (C=O) groups excluding carboxylic acids is 1. The van der Waals surface area contributed by atoms with Crippen LogP contribution in [-0.2, 0) is 13.8 Å². The zero-order chi connectivity index (χ0) is 17.8. The third-order valence-corrected chi connectivity index (χ3v) is 3.87. The van der Waals surface area contributed by atoms with Gasteiger partial charge in [0.2, 0.25) is 0 Å². The lowest BCUT2D eigenvalue weighted by Gasteiger charge is -2.06. The maximum absolute atomic E-state index is 12.3. The number of benzene rings is 1. The highest BCUT2D eigenvalue weighted by Gasteiger charge is 2.15. The maximum atomic E-state index is 12.3. The number of aryl methyl sites for hydroxylation is 1. The molecule has 0 atom stereocenters. The van der Waals surface area contributed by atoms with Gasteiger partial charge in [0.15, 0.2) is 12.4 Å². The number of ether oxygens (including phenoxy) is 1. The number of amides is 1. The third-order valence-electron chi connectivity index (χ3n) is 3.34. The van der Waals surface area contributed by atoms with Crippen LogP contribution in [0.15, 0.2) is 47.2 Å². The Labute approximate surface area is 151 Å². The van der Waals surface area contributed by atoms with Crippen molar-refractivity contribution in [1.29, 1.82) is 5.26 Å². The summed E-state index contributed by atoms with van der Waals surface area (Å²) in [5.41, 5.74) is 0.498. The van der Waals surface area contributed by atoms with Crippen LogP contribution in [-0.4, -0.2) is 25.5 Å². The Balaban J connectivity index is 1.64. The molecule has 9 heteroatoms. The molecule has 0 radical (unpaired) electrons. The van der Waals surface area contributed by atoms with Gasteiger partial charge in [-0.25, -0.2) is 4.68 Å². The fraction of sp³-hybridized carbons (Fsp3) is 0.125. The van der Waals surface area contributed by atoms with Gasteiger partial charge < -0.3 is 10.1 Å². The molecule has 0 saturated heterocycles. The first-order chi connectivity index (χ1) is 12.1. The molecule has 0 bridgehead atoms. The van der Waals surface area contributed by atoms with Crippen LogP contribution in [0.4, 0.5) is 5.82 Å². The molecule has 0 unspecified atom stereocenters. The molecule has 0 aliphatic carbocycles. The van der Waals surface area contributed by atoms with Crippen LogP contribution in [0, 0.1) is 11.3 Å². The predicted molar refractivity (Wildman–Crippen MR) is 92.9 cm³/mol. The van der Waals surface area contributed by atoms with E-state index in [1.807, 2.05) is 30.3 Å². The van der Waals surface area contributed by atoms with E-state index in [0.717, 1.165) is 4.47 Å². The molecule has 1 N–H and O–H groups in total. The van der Waals surface area contributed by atoms with Gasteiger partial charge in [-0.15, -0.1) is 0 Å². The quantitative estimate of drug-likeness (QED) is 0.709. The van der Waals surface area contributed by atoms with Crippen molar-refractivity contribution in [3.63, 3.8) is 0 Å². The van der Waals surface area contributed by atoms with E-state index in [4.69, 9.17) is 10.00 Å². The van der Waals surface area contributed by atoms with Crippen LogP contribution in [0.5, 0.6) is 5.75 Å². The Hall–Kier alpha value is -3.12. The summed E-state index contributed by atoms with van der Waals surface area (Å²) in [4.78, 5) is 12.3. The van der Waals surface area contributed by atoms with E-state index in [1.165, 1.54) is 15.6 Å². The van der Waals surface area contributed by atoms with Gasteiger partial charge in [-0.1, -0.05) is 15.9 Å². The average Bonchev–Trinajstić information content (AvgIpc) is 3.22. The SMILES string of the molecule is Cn1ncc(C#N)c1NC(=O)c1ccn(COc2ccc(Br)cc2)n1. The molecule has 0 spiro atoms. The number of nitrogens with zero attached hydrogens (tertiary/aromatic N) is 5. The summed E-state index contributed by atoms with van der Waals surface area (Å²) in [5, 5.41) is 19.8. The monoisotopic (exact) mass is 400 g/mol. The number of nitriles is 1. The van der Waals surface area contributed by atoms with Crippen LogP contribution >= 0.6 is 15.9 Å². The van der Waals surface area contributed by atoms with E-state index in [1.54, 1.807) is 19.3 Å². The lowest BCUT2D eigenvalue weighted by molar-refractivity contribution is 0.101. The Kier molecular flexibility index (Phi) is 4.81. The van der Waals surface area contributed by atoms with Crippen molar-refractivity contribution < 1.29 is 9.53 Å². The van der Waals surface area contributed by atoms with Gasteiger partial charge in [0.1, 0.15) is 23.2 Å². The largest absolute Gasteiger partial charge is 0.471 e. The van der Waals surface area contributed by atoms with Crippen molar-refractivity contribution in [1.82, 2.24) is 19.6 Å². The molecule has 3 rings (SSSR count). The highest BCUT2D eigenvalue weighted by atomic mass is 79.9. The fourth-order valence-corrected chi connectivity index (χ4v) is 2.33. The van der Waals surface area contributed by atoms with Crippen molar-refractivity contribution >= 4 is 27.7 Å². The predicted octanol–water partition coefficient (Wildman–Crippen LogP) is 2.54. The van der Waals surface area contributed by atoms with E-state index < -0.39 is 5.91 Å². The van der Waals surface area contributed by atoms with Gasteiger partial charge in [-0.2, -0.15) is 15.5 Å². The highest BCUT2D eigenvalue weighted by Crippen LogP contribution is 2.17. The minimum absolute atomic E-state index is 0.171. The fourth-order valence-electron chi connectivity index (χ4n) is 2.07. The normalized spacial score (nSPS) is 10.3. The van der Waals surface area contributed by atoms with E-state index >= 15 is 0 Å². The number of hydrogen-bond donors (Lipinski definition) is 1. The summed E-state index contributed by atoms with van der Waals surface area (Å²) in [5.74, 6) is 0.592. The van der Waals surface area contributed by atoms with Gasteiger partial charge in [-0.05, 0) is 30.3 Å². The number of halogens is 1. The molecular formula is C16H13BrN6O2. The number of aromatic nitrogens is 4. The topological polar surface area (TPSA) is 97.8 Å². The number of rotatable bonds is 5. The molecule has 2 aromatic heterocycles. The molecule has 0 aliphatic heterocycles. The second-order valence-corrected chi connectivity index (χ2v) is 5.98. The summed E-state index contributed by atoms with van der Waals surface area (Å²) >= 11 is 3.36. The average molecular weight is 401 g/mol. The first-order valence-corrected chi connectivity index (χ1v) is 8.01. The van der Waals surface area contributed by atoms with Crippen molar-refractivity contribution in [3.05, 3.63) is 58.5 Å². The van der Waals surface area contributed by atoms with E-state index in [2.05, 4.69) is 31.4 Å². The zero-order valence-corrected chi connectivity index (χ0v) is 14.8. The van der Waals surface area contributed by atoms with Crippen molar-refractivity contribution in [2.24, 2.45) is 7.05 Å². The maximum Gasteiger partial charge on any atom is 0.277 e. The number of carbonyl (C=O) groups is 1. The number of anilines is 1. The Morgan fingerprint density at radius 2 is 2.12 bits per heavy atom. The van der Waals surface area contributed by atoms with Crippen molar-refractivity contribution in [2.45, 2.75) is 6.73 Å². The van der Waals surface area contributed by atoms with E-state index in [0.29, 0.717) is 11.6 Å². The second kappa shape index (κ2) is 7.19. The summed E-state index contributed by atoms with van der Waals surface area (Å²) < 4.78 is 9.48. The van der Waals surface area contributed by atoms with Crippen LogP contribution in [0.3, 0.4) is 0 Å². The summed E-state index contributed by atoms with van der Waals surface area (Å²) in [6, 6.07) is 10.9. The third kappa shape index (κ3) is 3.87. The Morgan fingerprint density at radius 1 is 1.36 bits per heavy atom. The molecule has 8 nitrogen and oxygen atoms in total. The molecule has 1 aromatic carbocycles. The molecule has 126 valence electrons. The van der Waals surface area contributed by atoms with Crippen molar-refractivity contribution in [3.8, 4) is 11.8 Å². The molecular weight excluding hydrogens is 388 g/mol. The summed E-state index contributed by atoms with van der Waals surface area (Å²) in [7, 11) is 1.64. The number of nitrogens with one attached hydrogen (secondary N) is 1. The molecule has 2 heterocycles. The van der Waals surface area contributed by atoms with Crippen LogP contribution in [0.2, 0.25) is 0 Å². The standard InChI is InChI=1S/C16H13BrN6O2/c1-22-15(11(8-18)9-19-22)20-16(24)14-6-7-23(21-14)10-25-13-4-2-12(17)3-5-13/h2-7,9H,10H2,1H3,(H,20,24).